The van der Waals surface area contributed by atoms with Crippen LogP contribution in [0.1, 0.15) is 36.8 Å². The Morgan fingerprint density at radius 1 is 0.956 bits per heavy atom. The van der Waals surface area contributed by atoms with Gasteiger partial charge < -0.3 is 29.4 Å². The second kappa shape index (κ2) is 11.0. The van der Waals surface area contributed by atoms with Gasteiger partial charge in [0.15, 0.2) is 29.0 Å². The molecule has 0 amide bonds. The average molecular weight is 604 g/mol. The van der Waals surface area contributed by atoms with Gasteiger partial charge in [0.25, 0.3) is 0 Å². The topological polar surface area (TPSA) is 113 Å². The van der Waals surface area contributed by atoms with E-state index in [0.717, 1.165) is 22.4 Å². The zero-order chi connectivity index (χ0) is 31.2. The van der Waals surface area contributed by atoms with E-state index in [1.54, 1.807) is 31.9 Å². The van der Waals surface area contributed by atoms with Gasteiger partial charge >= 0.3 is 0 Å². The van der Waals surface area contributed by atoms with Gasteiger partial charge in [-0.25, -0.2) is 15.0 Å². The minimum atomic E-state index is -1.32. The number of nitrogens with zero attached hydrogens (tertiary/aromatic N) is 4. The van der Waals surface area contributed by atoms with Gasteiger partial charge in [-0.3, -0.25) is 4.57 Å². The average Bonchev–Trinajstić information content (AvgIpc) is 3.72. The second-order valence-electron chi connectivity index (χ2n) is 11.6. The molecule has 4 heterocycles. The summed E-state index contributed by atoms with van der Waals surface area (Å²) in [4.78, 5) is 14.1. The third-order valence-corrected chi connectivity index (χ3v) is 8.52. The minimum absolute atomic E-state index is 0.295. The quantitative estimate of drug-likeness (QED) is 0.193. The summed E-state index contributed by atoms with van der Waals surface area (Å²) in [6.07, 6.45) is 6.94. The Morgan fingerprint density at radius 2 is 1.60 bits per heavy atom. The number of aliphatic hydroxyl groups excluding tert-OH is 1. The van der Waals surface area contributed by atoms with Crippen LogP contribution in [0.5, 0.6) is 5.75 Å². The van der Waals surface area contributed by atoms with Crippen molar-refractivity contribution in [1.82, 2.24) is 19.5 Å². The molecule has 0 bridgehead atoms. The zero-order valence-electron chi connectivity index (χ0n) is 25.1. The van der Waals surface area contributed by atoms with E-state index in [4.69, 9.17) is 35.3 Å². The lowest BCUT2D eigenvalue weighted by molar-refractivity contribution is -0.210. The molecule has 0 unspecified atom stereocenters. The molecule has 0 spiro atoms. The van der Waals surface area contributed by atoms with E-state index in [9.17, 15) is 5.11 Å². The van der Waals surface area contributed by atoms with Crippen LogP contribution in [0, 0.1) is 12.3 Å². The molecular weight excluding hydrogens is 570 g/mol. The smallest absolute Gasteiger partial charge is 0.205 e. The molecule has 2 aromatic heterocycles. The van der Waals surface area contributed by atoms with Crippen molar-refractivity contribution >= 4 is 17.0 Å². The number of methoxy groups -OCH3 is 1. The van der Waals surface area contributed by atoms with Crippen LogP contribution >= 0.6 is 0 Å². The van der Waals surface area contributed by atoms with Crippen LogP contribution in [-0.2, 0) is 19.7 Å². The number of terminal acetylenes is 1. The summed E-state index contributed by atoms with van der Waals surface area (Å²) >= 11 is 0. The van der Waals surface area contributed by atoms with E-state index in [1.807, 2.05) is 60.7 Å². The van der Waals surface area contributed by atoms with Gasteiger partial charge in [0.05, 0.1) is 20.0 Å². The highest BCUT2D eigenvalue weighted by molar-refractivity contribution is 5.84. The van der Waals surface area contributed by atoms with E-state index < -0.39 is 35.4 Å². The van der Waals surface area contributed by atoms with Crippen molar-refractivity contribution in [3.05, 3.63) is 114 Å². The summed E-state index contributed by atoms with van der Waals surface area (Å²) in [6.45, 7) is 3.28. The summed E-state index contributed by atoms with van der Waals surface area (Å²) in [6, 6.07) is 28.3. The Labute approximate surface area is 261 Å². The lowest BCUT2D eigenvalue weighted by atomic mass is 9.77. The van der Waals surface area contributed by atoms with Crippen LogP contribution in [0.4, 0.5) is 5.82 Å². The molecule has 7 rings (SSSR count). The number of anilines is 1. The van der Waals surface area contributed by atoms with Gasteiger partial charge in [0.2, 0.25) is 5.60 Å². The molecule has 45 heavy (non-hydrogen) atoms. The Hall–Kier alpha value is -4.79. The summed E-state index contributed by atoms with van der Waals surface area (Å²) in [5, 5.41) is 13.9. The Balaban J connectivity index is 1.40. The number of ether oxygens (including phenoxy) is 4. The molecule has 10 nitrogen and oxygen atoms in total. The molecule has 2 aliphatic rings. The Kier molecular flexibility index (Phi) is 7.06. The molecule has 0 radical (unpaired) electrons. The van der Waals surface area contributed by atoms with Crippen LogP contribution < -0.4 is 10.1 Å². The normalized spacial score (nSPS) is 23.8. The summed E-state index contributed by atoms with van der Waals surface area (Å²) in [5.74, 6) is 3.05. The molecule has 5 aromatic rings. The van der Waals surface area contributed by atoms with Crippen LogP contribution in [0.3, 0.4) is 0 Å². The number of aliphatic hydroxyl groups is 1. The maximum absolute atomic E-state index is 10.2. The van der Waals surface area contributed by atoms with Gasteiger partial charge in [0, 0.05) is 0 Å². The molecule has 3 aromatic carbocycles. The van der Waals surface area contributed by atoms with E-state index in [1.165, 1.54) is 6.33 Å². The maximum atomic E-state index is 10.2. The number of aromatic nitrogens is 4. The van der Waals surface area contributed by atoms with Crippen molar-refractivity contribution in [3.63, 3.8) is 0 Å². The van der Waals surface area contributed by atoms with Crippen molar-refractivity contribution in [2.24, 2.45) is 0 Å². The first-order valence-electron chi connectivity index (χ1n) is 14.7. The lowest BCUT2D eigenvalue weighted by Crippen LogP contribution is -2.43. The van der Waals surface area contributed by atoms with Crippen molar-refractivity contribution in [1.29, 1.82) is 0 Å². The van der Waals surface area contributed by atoms with E-state index in [-0.39, 0.29) is 6.61 Å². The molecule has 0 aliphatic carbocycles. The first kappa shape index (κ1) is 29.0. The Morgan fingerprint density at radius 3 is 2.20 bits per heavy atom. The number of imidazole rings is 1. The van der Waals surface area contributed by atoms with Crippen LogP contribution in [0.2, 0.25) is 0 Å². The fourth-order valence-corrected chi connectivity index (χ4v) is 6.58. The largest absolute Gasteiger partial charge is 0.497 e. The number of benzene rings is 3. The van der Waals surface area contributed by atoms with Gasteiger partial charge in [0.1, 0.15) is 29.8 Å². The molecular formula is C35H33N5O5. The number of fused-ring (bicyclic) bond motifs is 2. The van der Waals surface area contributed by atoms with Crippen LogP contribution in [-0.4, -0.2) is 61.9 Å². The number of hydrogen-bond acceptors (Lipinski definition) is 9. The van der Waals surface area contributed by atoms with E-state index in [0.29, 0.717) is 17.0 Å². The second-order valence-corrected chi connectivity index (χ2v) is 11.6. The highest BCUT2D eigenvalue weighted by Crippen LogP contribution is 2.51. The standard InChI is InChI=1S/C35H33N5O5/c1-5-34-29(44-33(2,3)45-34)27(20-41)43-32(34)40-22-38-28-30(36-21-37-31(28)40)39-35(23-12-8-6-9-13-23,24-14-10-7-11-15-24)25-16-18-26(42-4)19-17-25/h1,6-19,21-22,27,29,32,41H,20H2,2-4H3,(H,36,37,39)/t27-,29-,32-,34-/m1/s1. The zero-order valence-corrected chi connectivity index (χ0v) is 25.1. The first-order valence-corrected chi connectivity index (χ1v) is 14.7. The van der Waals surface area contributed by atoms with Crippen LogP contribution in [0.15, 0.2) is 97.6 Å². The highest BCUT2D eigenvalue weighted by atomic mass is 16.8. The molecule has 0 saturated carbocycles. The number of hydrogen-bond donors (Lipinski definition) is 2. The fourth-order valence-electron chi connectivity index (χ4n) is 6.58. The molecule has 2 N–H and O–H groups in total. The van der Waals surface area contributed by atoms with Crippen molar-refractivity contribution in [2.45, 2.75) is 49.2 Å². The molecule has 2 fully saturated rings. The van der Waals surface area contributed by atoms with Crippen molar-refractivity contribution in [2.75, 3.05) is 19.0 Å². The predicted octanol–water partition coefficient (Wildman–Crippen LogP) is 4.65. The minimum Gasteiger partial charge on any atom is -0.497 e. The third kappa shape index (κ3) is 4.55. The Bertz CT molecular complexity index is 1820. The maximum Gasteiger partial charge on any atom is 0.205 e. The van der Waals surface area contributed by atoms with E-state index in [2.05, 4.69) is 40.5 Å². The molecule has 228 valence electrons. The molecule has 4 atom stereocenters. The summed E-state index contributed by atoms with van der Waals surface area (Å²) in [5.41, 5.74) is 1.72. The number of nitrogens with one attached hydrogen (secondary N) is 1. The third-order valence-electron chi connectivity index (χ3n) is 8.52. The molecule has 2 saturated heterocycles. The summed E-state index contributed by atoms with van der Waals surface area (Å²) < 4.78 is 25.9. The monoisotopic (exact) mass is 603 g/mol. The summed E-state index contributed by atoms with van der Waals surface area (Å²) in [7, 11) is 1.65. The van der Waals surface area contributed by atoms with E-state index >= 15 is 0 Å². The highest BCUT2D eigenvalue weighted by Gasteiger charge is 2.66. The van der Waals surface area contributed by atoms with Crippen molar-refractivity contribution in [3.8, 4) is 18.1 Å². The van der Waals surface area contributed by atoms with Gasteiger partial charge in [-0.1, -0.05) is 78.7 Å². The van der Waals surface area contributed by atoms with Crippen molar-refractivity contribution < 1.29 is 24.1 Å². The van der Waals surface area contributed by atoms with Crippen LogP contribution in [0.25, 0.3) is 11.2 Å². The predicted molar refractivity (Wildman–Crippen MR) is 167 cm³/mol. The molecule has 2 aliphatic heterocycles. The van der Waals surface area contributed by atoms with Gasteiger partial charge in [-0.05, 0) is 42.7 Å². The lowest BCUT2D eigenvalue weighted by Gasteiger charge is -2.37. The first-order chi connectivity index (χ1) is 21.8. The van der Waals surface area contributed by atoms with Gasteiger partial charge in [-0.15, -0.1) is 6.42 Å². The van der Waals surface area contributed by atoms with Gasteiger partial charge in [-0.2, -0.15) is 0 Å². The fraction of sp³-hybridized carbons (Fsp3) is 0.286. The number of rotatable bonds is 8. The molecule has 10 heteroatoms. The SMILES string of the molecule is C#C[C@@]12OC(C)(C)O[C@@H]1[C@@H](CO)O[C@H]2n1cnc2c(NC(c3ccccc3)(c3ccccc3)c3ccc(OC)cc3)ncnc21.